The summed E-state index contributed by atoms with van der Waals surface area (Å²) in [5, 5.41) is 3.04. The molecule has 0 aliphatic rings. The van der Waals surface area contributed by atoms with Gasteiger partial charge in [-0.1, -0.05) is 13.0 Å². The minimum Gasteiger partial charge on any atom is -0.363 e. The zero-order valence-electron chi connectivity index (χ0n) is 11.6. The summed E-state index contributed by atoms with van der Waals surface area (Å²) >= 11 is 0. The Hall–Kier alpha value is -1.23. The lowest BCUT2D eigenvalue weighted by Gasteiger charge is -2.26. The lowest BCUT2D eigenvalue weighted by Crippen LogP contribution is -2.34. The van der Waals surface area contributed by atoms with Crippen molar-refractivity contribution < 1.29 is 13.2 Å². The van der Waals surface area contributed by atoms with Crippen LogP contribution in [0.4, 0.5) is 18.9 Å². The molecule has 0 spiro atoms. The maximum atomic E-state index is 12.6. The van der Waals surface area contributed by atoms with E-state index in [4.69, 9.17) is 0 Å². The molecule has 0 saturated carbocycles. The van der Waals surface area contributed by atoms with Crippen LogP contribution in [-0.2, 0) is 6.54 Å². The fourth-order valence-corrected chi connectivity index (χ4v) is 2.05. The second-order valence-electron chi connectivity index (χ2n) is 4.68. The zero-order chi connectivity index (χ0) is 14.5. The molecule has 0 aliphatic heterocycles. The standard InChI is InChI=1S/C14H21F3N2/c1-4-7-19(10-14(15,16)17)13-6-5-12(9-18-3)11(2)8-13/h5-6,8,18H,4,7,9-10H2,1-3H3. The van der Waals surface area contributed by atoms with Gasteiger partial charge >= 0.3 is 6.18 Å². The van der Waals surface area contributed by atoms with Gasteiger partial charge in [0.25, 0.3) is 0 Å². The summed E-state index contributed by atoms with van der Waals surface area (Å²) in [6.07, 6.45) is -3.49. The third-order valence-electron chi connectivity index (χ3n) is 2.92. The van der Waals surface area contributed by atoms with Crippen LogP contribution in [0.1, 0.15) is 24.5 Å². The Kier molecular flexibility index (Phi) is 5.66. The number of hydrogen-bond donors (Lipinski definition) is 1. The first-order valence-corrected chi connectivity index (χ1v) is 6.43. The average Bonchev–Trinajstić information content (AvgIpc) is 2.30. The molecule has 1 N–H and O–H groups in total. The van der Waals surface area contributed by atoms with Crippen LogP contribution in [0.3, 0.4) is 0 Å². The summed E-state index contributed by atoms with van der Waals surface area (Å²) in [5.74, 6) is 0. The summed E-state index contributed by atoms with van der Waals surface area (Å²) in [6, 6.07) is 5.48. The second-order valence-corrected chi connectivity index (χ2v) is 4.68. The quantitative estimate of drug-likeness (QED) is 0.854. The van der Waals surface area contributed by atoms with Gasteiger partial charge in [-0.2, -0.15) is 13.2 Å². The second kappa shape index (κ2) is 6.80. The van der Waals surface area contributed by atoms with E-state index in [1.807, 2.05) is 33.0 Å². The van der Waals surface area contributed by atoms with Gasteiger partial charge in [-0.3, -0.25) is 0 Å². The first-order valence-electron chi connectivity index (χ1n) is 6.43. The van der Waals surface area contributed by atoms with Crippen molar-refractivity contribution >= 4 is 5.69 Å². The van der Waals surface area contributed by atoms with Gasteiger partial charge in [0, 0.05) is 18.8 Å². The van der Waals surface area contributed by atoms with Crippen LogP contribution < -0.4 is 10.2 Å². The number of halogens is 3. The molecule has 1 rings (SSSR count). The first kappa shape index (κ1) is 15.8. The zero-order valence-corrected chi connectivity index (χ0v) is 11.6. The third kappa shape index (κ3) is 5.11. The van der Waals surface area contributed by atoms with Crippen LogP contribution in [0.2, 0.25) is 0 Å². The number of alkyl halides is 3. The highest BCUT2D eigenvalue weighted by Gasteiger charge is 2.30. The molecular formula is C14H21F3N2. The molecule has 1 aromatic rings. The molecular weight excluding hydrogens is 253 g/mol. The van der Waals surface area contributed by atoms with Crippen molar-refractivity contribution in [3.8, 4) is 0 Å². The van der Waals surface area contributed by atoms with E-state index in [9.17, 15) is 13.2 Å². The van der Waals surface area contributed by atoms with Crippen LogP contribution in [0.5, 0.6) is 0 Å². The minimum atomic E-state index is -4.17. The first-order chi connectivity index (χ1) is 8.87. The van der Waals surface area contributed by atoms with Gasteiger partial charge in [-0.05, 0) is 43.7 Å². The summed E-state index contributed by atoms with van der Waals surface area (Å²) in [7, 11) is 1.85. The average molecular weight is 274 g/mol. The number of hydrogen-bond acceptors (Lipinski definition) is 2. The normalized spacial score (nSPS) is 11.7. The molecule has 19 heavy (non-hydrogen) atoms. The molecule has 0 heterocycles. The Labute approximate surface area is 112 Å². The summed E-state index contributed by atoms with van der Waals surface area (Å²) in [6.45, 7) is 4.04. The smallest absolute Gasteiger partial charge is 0.363 e. The molecule has 0 saturated heterocycles. The number of anilines is 1. The van der Waals surface area contributed by atoms with Crippen LogP contribution in [0.15, 0.2) is 18.2 Å². The Morgan fingerprint density at radius 3 is 2.42 bits per heavy atom. The molecule has 1 aromatic carbocycles. The van der Waals surface area contributed by atoms with E-state index in [1.165, 1.54) is 4.90 Å². The van der Waals surface area contributed by atoms with Crippen molar-refractivity contribution in [1.82, 2.24) is 5.32 Å². The van der Waals surface area contributed by atoms with E-state index in [1.54, 1.807) is 6.07 Å². The fraction of sp³-hybridized carbons (Fsp3) is 0.571. The Morgan fingerprint density at radius 2 is 1.95 bits per heavy atom. The fourth-order valence-electron chi connectivity index (χ4n) is 2.05. The Morgan fingerprint density at radius 1 is 1.26 bits per heavy atom. The molecule has 0 aliphatic carbocycles. The van der Waals surface area contributed by atoms with Gasteiger partial charge in [-0.25, -0.2) is 0 Å². The Balaban J connectivity index is 2.93. The lowest BCUT2D eigenvalue weighted by molar-refractivity contribution is -0.119. The van der Waals surface area contributed by atoms with Crippen molar-refractivity contribution in [3.05, 3.63) is 29.3 Å². The van der Waals surface area contributed by atoms with Gasteiger partial charge in [0.05, 0.1) is 0 Å². The summed E-state index contributed by atoms with van der Waals surface area (Å²) < 4.78 is 37.7. The lowest BCUT2D eigenvalue weighted by atomic mass is 10.1. The van der Waals surface area contributed by atoms with Crippen LogP contribution in [0.25, 0.3) is 0 Å². The van der Waals surface area contributed by atoms with Gasteiger partial charge < -0.3 is 10.2 Å². The van der Waals surface area contributed by atoms with Gasteiger partial charge in [0.15, 0.2) is 0 Å². The highest BCUT2D eigenvalue weighted by molar-refractivity contribution is 5.51. The van der Waals surface area contributed by atoms with Crippen LogP contribution >= 0.6 is 0 Å². The molecule has 0 unspecified atom stereocenters. The molecule has 0 aromatic heterocycles. The largest absolute Gasteiger partial charge is 0.405 e. The van der Waals surface area contributed by atoms with Crippen molar-refractivity contribution in [2.24, 2.45) is 0 Å². The third-order valence-corrected chi connectivity index (χ3v) is 2.92. The highest BCUT2D eigenvalue weighted by Crippen LogP contribution is 2.24. The molecule has 0 fully saturated rings. The van der Waals surface area contributed by atoms with Crippen molar-refractivity contribution in [1.29, 1.82) is 0 Å². The van der Waals surface area contributed by atoms with Crippen LogP contribution in [-0.4, -0.2) is 26.3 Å². The number of nitrogens with zero attached hydrogens (tertiary/aromatic N) is 1. The van der Waals surface area contributed by atoms with Gasteiger partial charge in [0.2, 0.25) is 0 Å². The van der Waals surface area contributed by atoms with E-state index in [2.05, 4.69) is 5.32 Å². The molecule has 108 valence electrons. The van der Waals surface area contributed by atoms with E-state index < -0.39 is 12.7 Å². The van der Waals surface area contributed by atoms with Gasteiger partial charge in [0.1, 0.15) is 6.54 Å². The van der Waals surface area contributed by atoms with Crippen molar-refractivity contribution in [3.63, 3.8) is 0 Å². The summed E-state index contributed by atoms with van der Waals surface area (Å²) in [4.78, 5) is 1.39. The molecule has 0 atom stereocenters. The van der Waals surface area contributed by atoms with Crippen LogP contribution in [0, 0.1) is 6.92 Å². The van der Waals surface area contributed by atoms with Gasteiger partial charge in [-0.15, -0.1) is 0 Å². The Bertz CT molecular complexity index is 402. The molecule has 0 amide bonds. The highest BCUT2D eigenvalue weighted by atomic mass is 19.4. The number of aryl methyl sites for hydroxylation is 1. The topological polar surface area (TPSA) is 15.3 Å². The number of benzene rings is 1. The SMILES string of the molecule is CCCN(CC(F)(F)F)c1ccc(CNC)c(C)c1. The van der Waals surface area contributed by atoms with Crippen molar-refractivity contribution in [2.45, 2.75) is 33.0 Å². The van der Waals surface area contributed by atoms with E-state index in [0.29, 0.717) is 18.7 Å². The predicted octanol–water partition coefficient (Wildman–Crippen LogP) is 3.49. The number of nitrogens with one attached hydrogen (secondary N) is 1. The molecule has 2 nitrogen and oxygen atoms in total. The van der Waals surface area contributed by atoms with E-state index in [-0.39, 0.29) is 0 Å². The molecule has 0 bridgehead atoms. The molecule has 5 heteroatoms. The summed E-state index contributed by atoms with van der Waals surface area (Å²) in [5.41, 5.74) is 2.75. The maximum Gasteiger partial charge on any atom is 0.405 e. The monoisotopic (exact) mass is 274 g/mol. The van der Waals surface area contributed by atoms with E-state index in [0.717, 1.165) is 17.7 Å². The van der Waals surface area contributed by atoms with E-state index >= 15 is 0 Å². The predicted molar refractivity (Wildman–Crippen MR) is 72.5 cm³/mol. The minimum absolute atomic E-state index is 0.407. The molecule has 0 radical (unpaired) electrons. The maximum absolute atomic E-state index is 12.6. The van der Waals surface area contributed by atoms with Crippen molar-refractivity contribution in [2.75, 3.05) is 25.0 Å². The number of rotatable bonds is 6.